The first kappa shape index (κ1) is 8.55. The van der Waals surface area contributed by atoms with Gasteiger partial charge < -0.3 is 4.74 Å². The molecule has 0 radical (unpaired) electrons. The second-order valence-electron chi connectivity index (χ2n) is 5.67. The fourth-order valence-corrected chi connectivity index (χ4v) is 3.20. The van der Waals surface area contributed by atoms with Crippen LogP contribution in [-0.2, 0) is 4.74 Å². The van der Waals surface area contributed by atoms with Gasteiger partial charge in [0.05, 0.1) is 13.2 Å². The molecule has 0 bridgehead atoms. The van der Waals surface area contributed by atoms with Crippen molar-refractivity contribution in [1.29, 1.82) is 0 Å². The van der Waals surface area contributed by atoms with Gasteiger partial charge in [-0.05, 0) is 24.2 Å². The fraction of sp³-hybridized carbons (Fsp3) is 1.00. The molecule has 1 aliphatic carbocycles. The molecule has 0 aromatic heterocycles. The highest BCUT2D eigenvalue weighted by Crippen LogP contribution is 2.55. The van der Waals surface area contributed by atoms with E-state index in [4.69, 9.17) is 4.74 Å². The smallest absolute Gasteiger partial charge is 0.0547 e. The number of hydrogen-bond donors (Lipinski definition) is 0. The molecule has 1 aliphatic heterocycles. The van der Waals surface area contributed by atoms with Gasteiger partial charge in [0.15, 0.2) is 0 Å². The van der Waals surface area contributed by atoms with Crippen molar-refractivity contribution in [2.24, 2.45) is 16.7 Å². The van der Waals surface area contributed by atoms with E-state index >= 15 is 0 Å². The zero-order valence-corrected chi connectivity index (χ0v) is 8.52. The molecular formula is C11H20O. The van der Waals surface area contributed by atoms with Crippen molar-refractivity contribution < 1.29 is 4.74 Å². The van der Waals surface area contributed by atoms with Crippen molar-refractivity contribution in [3.05, 3.63) is 0 Å². The predicted octanol–water partition coefficient (Wildman–Crippen LogP) is 2.85. The van der Waals surface area contributed by atoms with Crippen LogP contribution in [0.1, 0.15) is 40.0 Å². The number of ether oxygens (including phenoxy) is 1. The van der Waals surface area contributed by atoms with Crippen LogP contribution in [0, 0.1) is 16.7 Å². The maximum atomic E-state index is 5.39. The van der Waals surface area contributed by atoms with E-state index in [2.05, 4.69) is 20.8 Å². The van der Waals surface area contributed by atoms with Crippen molar-refractivity contribution in [2.75, 3.05) is 13.2 Å². The third-order valence-corrected chi connectivity index (χ3v) is 3.73. The summed E-state index contributed by atoms with van der Waals surface area (Å²) in [5, 5.41) is 0. The van der Waals surface area contributed by atoms with Crippen molar-refractivity contribution in [1.82, 2.24) is 0 Å². The van der Waals surface area contributed by atoms with Gasteiger partial charge in [0.25, 0.3) is 0 Å². The predicted molar refractivity (Wildman–Crippen MR) is 50.0 cm³/mol. The second kappa shape index (κ2) is 2.47. The number of rotatable bonds is 0. The average molecular weight is 168 g/mol. The molecule has 12 heavy (non-hydrogen) atoms. The minimum Gasteiger partial charge on any atom is -0.380 e. The molecular weight excluding hydrogens is 148 g/mol. The Balaban J connectivity index is 2.14. The molecule has 2 fully saturated rings. The van der Waals surface area contributed by atoms with E-state index in [0.29, 0.717) is 10.8 Å². The van der Waals surface area contributed by atoms with Crippen LogP contribution in [-0.4, -0.2) is 13.2 Å². The Morgan fingerprint density at radius 3 is 2.25 bits per heavy atom. The second-order valence-corrected chi connectivity index (χ2v) is 5.67. The van der Waals surface area contributed by atoms with Crippen LogP contribution >= 0.6 is 0 Å². The summed E-state index contributed by atoms with van der Waals surface area (Å²) < 4.78 is 5.39. The van der Waals surface area contributed by atoms with Gasteiger partial charge in [-0.3, -0.25) is 0 Å². The molecule has 1 saturated carbocycles. The standard InChI is InChI=1S/C11H20O/c1-10(2,3)9-5-4-6-11(9)7-12-8-11/h9H,4-8H2,1-3H3. The first-order valence-corrected chi connectivity index (χ1v) is 5.12. The highest BCUT2D eigenvalue weighted by atomic mass is 16.5. The van der Waals surface area contributed by atoms with Crippen molar-refractivity contribution in [3.8, 4) is 0 Å². The van der Waals surface area contributed by atoms with E-state index in [9.17, 15) is 0 Å². The Hall–Kier alpha value is -0.0400. The summed E-state index contributed by atoms with van der Waals surface area (Å²) in [6.45, 7) is 9.21. The highest BCUT2D eigenvalue weighted by Gasteiger charge is 2.52. The quantitative estimate of drug-likeness (QED) is 0.540. The summed E-state index contributed by atoms with van der Waals surface area (Å²) in [6.07, 6.45) is 4.26. The van der Waals surface area contributed by atoms with E-state index in [1.807, 2.05) is 0 Å². The SMILES string of the molecule is CC(C)(C)C1CCCC12COC2. The van der Waals surface area contributed by atoms with Gasteiger partial charge in [-0.2, -0.15) is 0 Å². The van der Waals surface area contributed by atoms with Gasteiger partial charge in [0, 0.05) is 5.41 Å². The molecule has 70 valence electrons. The van der Waals surface area contributed by atoms with Crippen LogP contribution in [0.25, 0.3) is 0 Å². The van der Waals surface area contributed by atoms with Gasteiger partial charge in [-0.1, -0.05) is 27.2 Å². The van der Waals surface area contributed by atoms with Crippen LogP contribution in [0.4, 0.5) is 0 Å². The molecule has 1 nitrogen and oxygen atoms in total. The maximum Gasteiger partial charge on any atom is 0.0547 e. The highest BCUT2D eigenvalue weighted by molar-refractivity contribution is 5.00. The summed E-state index contributed by atoms with van der Waals surface area (Å²) >= 11 is 0. The van der Waals surface area contributed by atoms with Crippen LogP contribution in [0.3, 0.4) is 0 Å². The summed E-state index contributed by atoms with van der Waals surface area (Å²) in [5.74, 6) is 0.902. The summed E-state index contributed by atoms with van der Waals surface area (Å²) in [5.41, 5.74) is 1.08. The lowest BCUT2D eigenvalue weighted by Crippen LogP contribution is -2.49. The van der Waals surface area contributed by atoms with Gasteiger partial charge in [0.1, 0.15) is 0 Å². The minimum absolute atomic E-state index is 0.486. The van der Waals surface area contributed by atoms with Crippen LogP contribution in [0.15, 0.2) is 0 Å². The lowest BCUT2D eigenvalue weighted by molar-refractivity contribution is -0.153. The van der Waals surface area contributed by atoms with Gasteiger partial charge in [-0.25, -0.2) is 0 Å². The molecule has 1 unspecified atom stereocenters. The average Bonchev–Trinajstić information content (AvgIpc) is 2.25. The molecule has 0 N–H and O–H groups in total. The zero-order valence-electron chi connectivity index (χ0n) is 8.52. The van der Waals surface area contributed by atoms with Crippen molar-refractivity contribution in [3.63, 3.8) is 0 Å². The Morgan fingerprint density at radius 2 is 1.92 bits per heavy atom. The Morgan fingerprint density at radius 1 is 1.25 bits per heavy atom. The van der Waals surface area contributed by atoms with Gasteiger partial charge in [0.2, 0.25) is 0 Å². The van der Waals surface area contributed by atoms with Crippen LogP contribution < -0.4 is 0 Å². The molecule has 0 aromatic rings. The molecule has 1 atom stereocenters. The Labute approximate surface area is 75.5 Å². The maximum absolute atomic E-state index is 5.39. The van der Waals surface area contributed by atoms with E-state index in [1.54, 1.807) is 0 Å². The van der Waals surface area contributed by atoms with Gasteiger partial charge >= 0.3 is 0 Å². The van der Waals surface area contributed by atoms with Gasteiger partial charge in [-0.15, -0.1) is 0 Å². The largest absolute Gasteiger partial charge is 0.380 e. The first-order chi connectivity index (χ1) is 5.55. The summed E-state index contributed by atoms with van der Waals surface area (Å²) in [7, 11) is 0. The first-order valence-electron chi connectivity index (χ1n) is 5.12. The third-order valence-electron chi connectivity index (χ3n) is 3.73. The molecule has 1 heterocycles. The van der Waals surface area contributed by atoms with Crippen LogP contribution in [0.5, 0.6) is 0 Å². The molecule has 1 spiro atoms. The summed E-state index contributed by atoms with van der Waals surface area (Å²) in [4.78, 5) is 0. The minimum atomic E-state index is 0.486. The lowest BCUT2D eigenvalue weighted by Gasteiger charge is -2.48. The molecule has 2 rings (SSSR count). The zero-order chi connectivity index (χ0) is 8.82. The molecule has 1 heteroatoms. The Kier molecular flexibility index (Phi) is 1.76. The third kappa shape index (κ3) is 1.10. The van der Waals surface area contributed by atoms with E-state index < -0.39 is 0 Å². The van der Waals surface area contributed by atoms with E-state index in [-0.39, 0.29) is 0 Å². The van der Waals surface area contributed by atoms with E-state index in [0.717, 1.165) is 19.1 Å². The normalized spacial score (nSPS) is 33.8. The Bertz CT molecular complexity index is 174. The summed E-state index contributed by atoms with van der Waals surface area (Å²) in [6, 6.07) is 0. The number of hydrogen-bond acceptors (Lipinski definition) is 1. The molecule has 1 saturated heterocycles. The molecule has 2 aliphatic rings. The van der Waals surface area contributed by atoms with E-state index in [1.165, 1.54) is 19.3 Å². The lowest BCUT2D eigenvalue weighted by atomic mass is 9.65. The monoisotopic (exact) mass is 168 g/mol. The van der Waals surface area contributed by atoms with Crippen molar-refractivity contribution >= 4 is 0 Å². The fourth-order valence-electron chi connectivity index (χ4n) is 3.20. The molecule has 0 aromatic carbocycles. The topological polar surface area (TPSA) is 9.23 Å². The molecule has 0 amide bonds. The van der Waals surface area contributed by atoms with Crippen LogP contribution in [0.2, 0.25) is 0 Å². The van der Waals surface area contributed by atoms with Crippen molar-refractivity contribution in [2.45, 2.75) is 40.0 Å².